The van der Waals surface area contributed by atoms with E-state index >= 15 is 0 Å². The number of benzene rings is 1. The summed E-state index contributed by atoms with van der Waals surface area (Å²) in [5.74, 6) is 0.606. The molecule has 18 heavy (non-hydrogen) atoms. The Morgan fingerprint density at radius 2 is 2.06 bits per heavy atom. The molecule has 98 valence electrons. The monoisotopic (exact) mass is 248 g/mol. The lowest BCUT2D eigenvalue weighted by Crippen LogP contribution is -2.21. The number of carbonyl (C=O) groups excluding carboxylic acids is 1. The van der Waals surface area contributed by atoms with Crippen molar-refractivity contribution in [1.82, 2.24) is 0 Å². The third-order valence-electron chi connectivity index (χ3n) is 3.47. The highest BCUT2D eigenvalue weighted by molar-refractivity contribution is 5.77. The third-order valence-corrected chi connectivity index (χ3v) is 3.47. The van der Waals surface area contributed by atoms with E-state index in [1.54, 1.807) is 0 Å². The number of aliphatic hydroxyl groups excluding tert-OH is 1. The quantitative estimate of drug-likeness (QED) is 0.643. The number of para-hydroxylation sites is 1. The number of ether oxygens (including phenoxy) is 1. The zero-order valence-corrected chi connectivity index (χ0v) is 11.0. The van der Waals surface area contributed by atoms with Crippen molar-refractivity contribution in [3.05, 3.63) is 29.8 Å². The number of carbonyl (C=O) groups is 1. The lowest BCUT2D eigenvalue weighted by atomic mass is 9.81. The summed E-state index contributed by atoms with van der Waals surface area (Å²) < 4.78 is 5.48. The van der Waals surface area contributed by atoms with Crippen LogP contribution in [-0.2, 0) is 10.2 Å². The summed E-state index contributed by atoms with van der Waals surface area (Å²) >= 11 is 0. The second-order valence-corrected chi connectivity index (χ2v) is 5.55. The Morgan fingerprint density at radius 1 is 1.39 bits per heavy atom. The Bertz CT molecular complexity index is 433. The molecule has 0 saturated heterocycles. The van der Waals surface area contributed by atoms with Crippen molar-refractivity contribution in [2.45, 2.75) is 38.5 Å². The van der Waals surface area contributed by atoms with Crippen LogP contribution >= 0.6 is 0 Å². The molecular formula is C15H20O3. The lowest BCUT2D eigenvalue weighted by molar-refractivity contribution is -0.135. The summed E-state index contributed by atoms with van der Waals surface area (Å²) in [6.45, 7) is 4.22. The van der Waals surface area contributed by atoms with Gasteiger partial charge in [0.05, 0.1) is 5.92 Å². The summed E-state index contributed by atoms with van der Waals surface area (Å²) in [5, 5.41) is 9.13. The zero-order chi connectivity index (χ0) is 13.2. The Morgan fingerprint density at radius 3 is 2.67 bits per heavy atom. The predicted octanol–water partition coefficient (Wildman–Crippen LogP) is 2.66. The molecule has 1 aliphatic rings. The molecule has 3 heteroatoms. The van der Waals surface area contributed by atoms with Gasteiger partial charge in [-0.3, -0.25) is 4.79 Å². The number of aliphatic hydroxyl groups is 1. The van der Waals surface area contributed by atoms with Gasteiger partial charge in [-0.2, -0.15) is 0 Å². The molecule has 1 N–H and O–H groups in total. The topological polar surface area (TPSA) is 46.5 Å². The fourth-order valence-corrected chi connectivity index (χ4v) is 2.04. The minimum absolute atomic E-state index is 0.0963. The van der Waals surface area contributed by atoms with E-state index in [1.807, 2.05) is 38.1 Å². The first kappa shape index (κ1) is 13.1. The molecule has 2 rings (SSSR count). The van der Waals surface area contributed by atoms with E-state index in [-0.39, 0.29) is 23.9 Å². The van der Waals surface area contributed by atoms with Crippen LogP contribution in [0.1, 0.15) is 38.7 Å². The second-order valence-electron chi connectivity index (χ2n) is 5.55. The fourth-order valence-electron chi connectivity index (χ4n) is 2.04. The summed E-state index contributed by atoms with van der Waals surface area (Å²) in [5.41, 5.74) is 0.780. The van der Waals surface area contributed by atoms with Crippen LogP contribution < -0.4 is 4.74 Å². The van der Waals surface area contributed by atoms with Gasteiger partial charge in [-0.05, 0) is 30.7 Å². The highest BCUT2D eigenvalue weighted by atomic mass is 16.5. The molecule has 1 fully saturated rings. The average molecular weight is 248 g/mol. The summed E-state index contributed by atoms with van der Waals surface area (Å²) in [6.07, 6.45) is 2.53. The Kier molecular flexibility index (Phi) is 3.71. The molecule has 0 spiro atoms. The van der Waals surface area contributed by atoms with E-state index in [4.69, 9.17) is 9.84 Å². The van der Waals surface area contributed by atoms with Gasteiger partial charge in [-0.25, -0.2) is 0 Å². The fraction of sp³-hybridized carbons (Fsp3) is 0.533. The molecule has 1 saturated carbocycles. The zero-order valence-electron chi connectivity index (χ0n) is 11.0. The van der Waals surface area contributed by atoms with Crippen LogP contribution in [0.15, 0.2) is 24.3 Å². The van der Waals surface area contributed by atoms with Gasteiger partial charge >= 0.3 is 5.97 Å². The number of esters is 1. The van der Waals surface area contributed by atoms with Gasteiger partial charge in [0.2, 0.25) is 0 Å². The smallest absolute Gasteiger partial charge is 0.314 e. The van der Waals surface area contributed by atoms with Crippen LogP contribution in [0.5, 0.6) is 5.75 Å². The van der Waals surface area contributed by atoms with Gasteiger partial charge in [0.25, 0.3) is 0 Å². The van der Waals surface area contributed by atoms with E-state index in [2.05, 4.69) is 0 Å². The van der Waals surface area contributed by atoms with Crippen molar-refractivity contribution < 1.29 is 14.6 Å². The van der Waals surface area contributed by atoms with Gasteiger partial charge in [0, 0.05) is 12.2 Å². The highest BCUT2D eigenvalue weighted by Gasteiger charge is 2.33. The molecule has 1 aromatic rings. The van der Waals surface area contributed by atoms with Crippen LogP contribution in [0, 0.1) is 5.92 Å². The SMILES string of the molecule is CC(C)(CCO)c1ccccc1OC(=O)C1CC1. The molecule has 1 aliphatic carbocycles. The van der Waals surface area contributed by atoms with E-state index in [0.717, 1.165) is 18.4 Å². The maximum absolute atomic E-state index is 11.7. The number of rotatable bonds is 5. The summed E-state index contributed by atoms with van der Waals surface area (Å²) in [4.78, 5) is 11.7. The molecule has 0 amide bonds. The van der Waals surface area contributed by atoms with Crippen LogP contribution in [0.2, 0.25) is 0 Å². The van der Waals surface area contributed by atoms with Crippen LogP contribution in [0.3, 0.4) is 0 Å². The first-order valence-corrected chi connectivity index (χ1v) is 6.46. The molecule has 0 aliphatic heterocycles. The first-order chi connectivity index (χ1) is 8.54. The normalized spacial score (nSPS) is 15.5. The molecule has 1 aromatic carbocycles. The maximum atomic E-state index is 11.7. The summed E-state index contributed by atoms with van der Waals surface area (Å²) in [7, 11) is 0. The van der Waals surface area contributed by atoms with Crippen molar-refractivity contribution in [2.24, 2.45) is 5.92 Å². The lowest BCUT2D eigenvalue weighted by Gasteiger charge is -2.26. The van der Waals surface area contributed by atoms with E-state index in [0.29, 0.717) is 12.2 Å². The second kappa shape index (κ2) is 5.11. The van der Waals surface area contributed by atoms with Crippen LogP contribution in [0.25, 0.3) is 0 Å². The Labute approximate surface area is 108 Å². The minimum Gasteiger partial charge on any atom is -0.426 e. The average Bonchev–Trinajstić information content (AvgIpc) is 3.13. The number of hydrogen-bond acceptors (Lipinski definition) is 3. The molecule has 0 atom stereocenters. The largest absolute Gasteiger partial charge is 0.426 e. The first-order valence-electron chi connectivity index (χ1n) is 6.46. The van der Waals surface area contributed by atoms with Crippen LogP contribution in [-0.4, -0.2) is 17.7 Å². The summed E-state index contributed by atoms with van der Waals surface area (Å²) in [6, 6.07) is 7.59. The van der Waals surface area contributed by atoms with Gasteiger partial charge in [-0.15, -0.1) is 0 Å². The molecule has 0 unspecified atom stereocenters. The van der Waals surface area contributed by atoms with E-state index in [1.165, 1.54) is 0 Å². The van der Waals surface area contributed by atoms with Gasteiger partial charge in [0.15, 0.2) is 0 Å². The third kappa shape index (κ3) is 2.91. The minimum atomic E-state index is -0.199. The number of hydrogen-bond donors (Lipinski definition) is 1. The maximum Gasteiger partial charge on any atom is 0.314 e. The molecule has 0 bridgehead atoms. The van der Waals surface area contributed by atoms with Crippen molar-refractivity contribution in [2.75, 3.05) is 6.61 Å². The van der Waals surface area contributed by atoms with Crippen LogP contribution in [0.4, 0.5) is 0 Å². The standard InChI is InChI=1S/C15H20O3/c1-15(2,9-10-16)12-5-3-4-6-13(12)18-14(17)11-7-8-11/h3-6,11,16H,7-10H2,1-2H3. The van der Waals surface area contributed by atoms with Crippen molar-refractivity contribution in [3.8, 4) is 5.75 Å². The van der Waals surface area contributed by atoms with Gasteiger partial charge < -0.3 is 9.84 Å². The van der Waals surface area contributed by atoms with Gasteiger partial charge in [-0.1, -0.05) is 32.0 Å². The Hall–Kier alpha value is -1.35. The van der Waals surface area contributed by atoms with Crippen molar-refractivity contribution in [1.29, 1.82) is 0 Å². The van der Waals surface area contributed by atoms with Crippen molar-refractivity contribution >= 4 is 5.97 Å². The molecular weight excluding hydrogens is 228 g/mol. The highest BCUT2D eigenvalue weighted by Crippen LogP contribution is 2.36. The molecule has 0 aromatic heterocycles. The van der Waals surface area contributed by atoms with Gasteiger partial charge in [0.1, 0.15) is 5.75 Å². The molecule has 0 radical (unpaired) electrons. The molecule has 0 heterocycles. The van der Waals surface area contributed by atoms with Crippen molar-refractivity contribution in [3.63, 3.8) is 0 Å². The molecule has 3 nitrogen and oxygen atoms in total. The Balaban J connectivity index is 2.21. The van der Waals surface area contributed by atoms with E-state index < -0.39 is 0 Å². The predicted molar refractivity (Wildman–Crippen MR) is 69.5 cm³/mol. The van der Waals surface area contributed by atoms with E-state index in [9.17, 15) is 4.79 Å².